The Kier molecular flexibility index (Phi) is 9.30. The summed E-state index contributed by atoms with van der Waals surface area (Å²) in [7, 11) is 0. The van der Waals surface area contributed by atoms with E-state index < -0.39 is 5.97 Å². The lowest BCUT2D eigenvalue weighted by Gasteiger charge is -2.39. The molecule has 1 saturated carbocycles. The number of hydrogen-bond donors (Lipinski definition) is 1. The van der Waals surface area contributed by atoms with Gasteiger partial charge >= 0.3 is 5.97 Å². The quantitative estimate of drug-likeness (QED) is 0.174. The van der Waals surface area contributed by atoms with E-state index in [2.05, 4.69) is 60.7 Å². The summed E-state index contributed by atoms with van der Waals surface area (Å²) < 4.78 is 31.3. The second-order valence-corrected chi connectivity index (χ2v) is 10.8. The van der Waals surface area contributed by atoms with Crippen LogP contribution >= 0.6 is 0 Å². The second kappa shape index (κ2) is 13.2. The first-order chi connectivity index (χ1) is 19.5. The van der Waals surface area contributed by atoms with Crippen LogP contribution in [0.4, 0.5) is 4.39 Å². The summed E-state index contributed by atoms with van der Waals surface area (Å²) in [5.74, 6) is 0.180. The van der Waals surface area contributed by atoms with Gasteiger partial charge in [-0.15, -0.1) is 0 Å². The van der Waals surface area contributed by atoms with Crippen molar-refractivity contribution in [1.29, 1.82) is 0 Å². The van der Waals surface area contributed by atoms with Gasteiger partial charge in [-0.25, -0.2) is 4.39 Å². The molecule has 1 heterocycles. The molecule has 1 saturated heterocycles. The minimum Gasteiger partial charge on any atom is -0.491 e. The molecule has 3 aromatic rings. The van der Waals surface area contributed by atoms with Crippen LogP contribution in [0.25, 0.3) is 11.1 Å². The molecule has 6 heteroatoms. The van der Waals surface area contributed by atoms with E-state index in [1.54, 1.807) is 12.1 Å². The Morgan fingerprint density at radius 2 is 1.73 bits per heavy atom. The molecule has 1 aliphatic carbocycles. The number of carboxylic acid groups (broad SMARTS) is 1. The van der Waals surface area contributed by atoms with Gasteiger partial charge in [0.15, 0.2) is 0 Å². The van der Waals surface area contributed by atoms with Gasteiger partial charge in [-0.05, 0) is 72.6 Å². The van der Waals surface area contributed by atoms with Gasteiger partial charge in [0.1, 0.15) is 18.2 Å². The highest BCUT2D eigenvalue weighted by atomic mass is 19.1. The van der Waals surface area contributed by atoms with E-state index in [4.69, 9.17) is 19.3 Å². The number of halogens is 1. The molecular formula is C34H37FO5. The lowest BCUT2D eigenvalue weighted by atomic mass is 9.69. The SMILES string of the molecule is O=C(O)CCC/C=C\C[C@H]1[C@H](COCCOc2ccc(F)cc2)[C@@H]2C[C@@]1(c1ccc(-c3ccccc3)cc1)CO2. The third-order valence-electron chi connectivity index (χ3n) is 8.33. The Morgan fingerprint density at radius 3 is 2.48 bits per heavy atom. The number of ether oxygens (including phenoxy) is 3. The molecule has 5 rings (SSSR count). The zero-order chi connectivity index (χ0) is 27.8. The number of allylic oxidation sites excluding steroid dienone is 2. The van der Waals surface area contributed by atoms with Crippen LogP contribution in [0, 0.1) is 17.7 Å². The van der Waals surface area contributed by atoms with Crippen molar-refractivity contribution in [3.05, 3.63) is 102 Å². The first-order valence-electron chi connectivity index (χ1n) is 14.2. The predicted molar refractivity (Wildman–Crippen MR) is 153 cm³/mol. The highest BCUT2D eigenvalue weighted by molar-refractivity contribution is 5.66. The number of benzene rings is 3. The van der Waals surface area contributed by atoms with Crippen molar-refractivity contribution in [2.45, 2.75) is 43.6 Å². The maximum absolute atomic E-state index is 13.1. The van der Waals surface area contributed by atoms with Crippen molar-refractivity contribution >= 4 is 5.97 Å². The first-order valence-corrected chi connectivity index (χ1v) is 14.2. The number of fused-ring (bicyclic) bond motifs is 2. The van der Waals surface area contributed by atoms with Gasteiger partial charge in [0.2, 0.25) is 0 Å². The van der Waals surface area contributed by atoms with Gasteiger partial charge in [0, 0.05) is 17.8 Å². The molecule has 0 unspecified atom stereocenters. The van der Waals surface area contributed by atoms with Crippen molar-refractivity contribution in [1.82, 2.24) is 0 Å². The molecule has 0 spiro atoms. The summed E-state index contributed by atoms with van der Waals surface area (Å²) in [5, 5.41) is 8.92. The highest BCUT2D eigenvalue weighted by Gasteiger charge is 2.59. The zero-order valence-corrected chi connectivity index (χ0v) is 22.7. The number of carbonyl (C=O) groups is 1. The van der Waals surface area contributed by atoms with Crippen LogP contribution in [0.3, 0.4) is 0 Å². The molecule has 1 aliphatic heterocycles. The van der Waals surface area contributed by atoms with Crippen LogP contribution in [0.2, 0.25) is 0 Å². The van der Waals surface area contributed by atoms with E-state index >= 15 is 0 Å². The highest BCUT2D eigenvalue weighted by Crippen LogP contribution is 2.56. The van der Waals surface area contributed by atoms with Crippen molar-refractivity contribution in [3.8, 4) is 16.9 Å². The van der Waals surface area contributed by atoms with Crippen molar-refractivity contribution in [2.75, 3.05) is 26.4 Å². The van der Waals surface area contributed by atoms with E-state index in [0.717, 1.165) is 19.3 Å². The maximum atomic E-state index is 13.1. The Labute approximate surface area is 235 Å². The van der Waals surface area contributed by atoms with Gasteiger partial charge in [-0.3, -0.25) is 4.79 Å². The molecule has 4 atom stereocenters. The van der Waals surface area contributed by atoms with E-state index in [1.807, 2.05) is 6.07 Å². The monoisotopic (exact) mass is 544 g/mol. The van der Waals surface area contributed by atoms with Gasteiger partial charge < -0.3 is 19.3 Å². The number of hydrogen-bond acceptors (Lipinski definition) is 4. The molecule has 0 radical (unpaired) electrons. The van der Waals surface area contributed by atoms with E-state index in [0.29, 0.717) is 44.5 Å². The van der Waals surface area contributed by atoms with E-state index in [-0.39, 0.29) is 29.7 Å². The summed E-state index contributed by atoms with van der Waals surface area (Å²) in [5.41, 5.74) is 3.63. The molecule has 3 aromatic carbocycles. The summed E-state index contributed by atoms with van der Waals surface area (Å²) >= 11 is 0. The molecule has 1 N–H and O–H groups in total. The Bertz CT molecular complexity index is 1260. The Morgan fingerprint density at radius 1 is 0.975 bits per heavy atom. The van der Waals surface area contributed by atoms with Crippen molar-refractivity contribution in [2.24, 2.45) is 11.8 Å². The van der Waals surface area contributed by atoms with Gasteiger partial charge in [-0.1, -0.05) is 66.7 Å². The fraction of sp³-hybridized carbons (Fsp3) is 0.382. The number of rotatable bonds is 14. The number of carboxylic acids is 1. The number of unbranched alkanes of at least 4 members (excludes halogenated alkanes) is 1. The molecule has 2 aliphatic rings. The molecule has 0 aromatic heterocycles. The topological polar surface area (TPSA) is 65.0 Å². The normalized spacial score (nSPS) is 23.6. The molecule has 2 bridgehead atoms. The van der Waals surface area contributed by atoms with Gasteiger partial charge in [0.25, 0.3) is 0 Å². The third kappa shape index (κ3) is 6.62. The summed E-state index contributed by atoms with van der Waals surface area (Å²) in [4.78, 5) is 10.8. The van der Waals surface area contributed by atoms with Crippen LogP contribution < -0.4 is 4.74 Å². The van der Waals surface area contributed by atoms with E-state index in [9.17, 15) is 9.18 Å². The Balaban J connectivity index is 1.25. The fourth-order valence-corrected chi connectivity index (χ4v) is 6.30. The smallest absolute Gasteiger partial charge is 0.303 e. The fourth-order valence-electron chi connectivity index (χ4n) is 6.30. The molecule has 5 nitrogen and oxygen atoms in total. The minimum absolute atomic E-state index is 0.0794. The van der Waals surface area contributed by atoms with Crippen LogP contribution in [0.5, 0.6) is 5.75 Å². The standard InChI is InChI=1S/C34H37FO5/c35-28-16-18-29(19-17-28)39-21-20-38-23-30-31(10-6-1-2-7-11-33(36)37)34(22-32(30)40-24-34)27-14-12-26(13-15-27)25-8-4-3-5-9-25/h1,3-6,8-9,12-19,30-32H,2,7,10-11,20-24H2,(H,36,37)/b6-1-/t30-,31-,32-,34-/m0/s1. The summed E-state index contributed by atoms with van der Waals surface area (Å²) in [6, 6.07) is 25.3. The molecule has 2 fully saturated rings. The number of aliphatic carboxylic acids is 1. The molecular weight excluding hydrogens is 507 g/mol. The van der Waals surface area contributed by atoms with Gasteiger partial charge in [0.05, 0.1) is 25.9 Å². The van der Waals surface area contributed by atoms with Crippen LogP contribution in [0.1, 0.15) is 37.7 Å². The van der Waals surface area contributed by atoms with Crippen LogP contribution in [0.15, 0.2) is 91.0 Å². The van der Waals surface area contributed by atoms with E-state index in [1.165, 1.54) is 28.8 Å². The average molecular weight is 545 g/mol. The average Bonchev–Trinajstić information content (AvgIpc) is 3.54. The van der Waals surface area contributed by atoms with Crippen molar-refractivity contribution in [3.63, 3.8) is 0 Å². The second-order valence-electron chi connectivity index (χ2n) is 10.8. The molecule has 210 valence electrons. The van der Waals surface area contributed by atoms with Crippen molar-refractivity contribution < 1.29 is 28.5 Å². The molecule has 0 amide bonds. The minimum atomic E-state index is -0.753. The predicted octanol–water partition coefficient (Wildman–Crippen LogP) is 7.06. The lowest BCUT2D eigenvalue weighted by Crippen LogP contribution is -2.41. The summed E-state index contributed by atoms with van der Waals surface area (Å²) in [6.45, 7) is 2.12. The van der Waals surface area contributed by atoms with Crippen LogP contribution in [-0.4, -0.2) is 43.6 Å². The zero-order valence-electron chi connectivity index (χ0n) is 22.7. The Hall–Kier alpha value is -3.48. The summed E-state index contributed by atoms with van der Waals surface area (Å²) in [6.07, 6.45) is 7.95. The largest absolute Gasteiger partial charge is 0.491 e. The van der Waals surface area contributed by atoms with Crippen LogP contribution in [-0.2, 0) is 19.7 Å². The maximum Gasteiger partial charge on any atom is 0.303 e. The lowest BCUT2D eigenvalue weighted by molar-refractivity contribution is -0.137. The molecule has 40 heavy (non-hydrogen) atoms. The third-order valence-corrected chi connectivity index (χ3v) is 8.33. The first kappa shape index (κ1) is 28.1. The van der Waals surface area contributed by atoms with Gasteiger partial charge in [-0.2, -0.15) is 0 Å².